The highest BCUT2D eigenvalue weighted by Gasteiger charge is 2.03. The van der Waals surface area contributed by atoms with Crippen LogP contribution in [0.15, 0.2) is 91.0 Å². The maximum absolute atomic E-state index is 8.59. The summed E-state index contributed by atoms with van der Waals surface area (Å²) < 4.78 is 5.91. The van der Waals surface area contributed by atoms with Crippen LogP contribution in [0.25, 0.3) is 17.0 Å². The van der Waals surface area contributed by atoms with Gasteiger partial charge in [0.25, 0.3) is 0 Å². The SMILES string of the molecule is N#C/C=C/c1ccc(OCc2cccc(Cc3ccc4ccccc4n3)c2)cc1. The van der Waals surface area contributed by atoms with Gasteiger partial charge in [0.15, 0.2) is 0 Å². The molecule has 1 heterocycles. The molecule has 0 spiro atoms. The van der Waals surface area contributed by atoms with E-state index in [2.05, 4.69) is 42.5 Å². The van der Waals surface area contributed by atoms with Gasteiger partial charge < -0.3 is 4.74 Å². The summed E-state index contributed by atoms with van der Waals surface area (Å²) in [5.74, 6) is 0.806. The van der Waals surface area contributed by atoms with E-state index in [1.54, 1.807) is 6.08 Å². The minimum absolute atomic E-state index is 0.506. The molecule has 0 amide bonds. The normalized spacial score (nSPS) is 10.9. The van der Waals surface area contributed by atoms with E-state index >= 15 is 0 Å². The Kier molecular flexibility index (Phi) is 5.64. The Hall–Kier alpha value is -3.90. The lowest BCUT2D eigenvalue weighted by Crippen LogP contribution is -1.98. The first-order valence-corrected chi connectivity index (χ1v) is 9.52. The number of aromatic nitrogens is 1. The van der Waals surface area contributed by atoms with Crippen LogP contribution >= 0.6 is 0 Å². The molecule has 0 aliphatic heterocycles. The van der Waals surface area contributed by atoms with Crippen molar-refractivity contribution in [2.24, 2.45) is 0 Å². The predicted molar refractivity (Wildman–Crippen MR) is 116 cm³/mol. The molecule has 140 valence electrons. The zero-order valence-electron chi connectivity index (χ0n) is 16.0. The van der Waals surface area contributed by atoms with Crippen molar-refractivity contribution in [3.05, 3.63) is 113 Å². The van der Waals surface area contributed by atoms with Gasteiger partial charge in [0.05, 0.1) is 11.6 Å². The second-order valence-corrected chi connectivity index (χ2v) is 6.81. The van der Waals surface area contributed by atoms with Crippen molar-refractivity contribution in [2.75, 3.05) is 0 Å². The number of nitriles is 1. The number of para-hydroxylation sites is 1. The number of benzene rings is 3. The second-order valence-electron chi connectivity index (χ2n) is 6.81. The monoisotopic (exact) mass is 376 g/mol. The fourth-order valence-electron chi connectivity index (χ4n) is 3.22. The van der Waals surface area contributed by atoms with Crippen molar-refractivity contribution >= 4 is 17.0 Å². The van der Waals surface area contributed by atoms with E-state index in [4.69, 9.17) is 15.0 Å². The highest BCUT2D eigenvalue weighted by Crippen LogP contribution is 2.18. The van der Waals surface area contributed by atoms with Crippen molar-refractivity contribution in [2.45, 2.75) is 13.0 Å². The summed E-state index contributed by atoms with van der Waals surface area (Å²) in [6.07, 6.45) is 4.03. The van der Waals surface area contributed by atoms with E-state index in [1.165, 1.54) is 11.6 Å². The summed E-state index contributed by atoms with van der Waals surface area (Å²) in [4.78, 5) is 4.77. The van der Waals surface area contributed by atoms with Gasteiger partial charge in [-0.15, -0.1) is 0 Å². The van der Waals surface area contributed by atoms with Crippen LogP contribution in [0.3, 0.4) is 0 Å². The van der Waals surface area contributed by atoms with Crippen LogP contribution in [0.2, 0.25) is 0 Å². The molecular formula is C26H20N2O. The van der Waals surface area contributed by atoms with Crippen LogP contribution in [0, 0.1) is 11.3 Å². The number of hydrogen-bond donors (Lipinski definition) is 0. The average Bonchev–Trinajstić information content (AvgIpc) is 2.77. The first-order chi connectivity index (χ1) is 14.3. The summed E-state index contributed by atoms with van der Waals surface area (Å²) in [6.45, 7) is 0.506. The maximum atomic E-state index is 8.59. The fraction of sp³-hybridized carbons (Fsp3) is 0.0769. The van der Waals surface area contributed by atoms with Gasteiger partial charge in [-0.2, -0.15) is 5.26 Å². The molecule has 0 unspecified atom stereocenters. The zero-order valence-corrected chi connectivity index (χ0v) is 16.0. The fourth-order valence-corrected chi connectivity index (χ4v) is 3.22. The summed E-state index contributed by atoms with van der Waals surface area (Å²) in [7, 11) is 0. The van der Waals surface area contributed by atoms with Gasteiger partial charge in [-0.3, -0.25) is 4.98 Å². The van der Waals surface area contributed by atoms with E-state index in [9.17, 15) is 0 Å². The largest absolute Gasteiger partial charge is 0.489 e. The second kappa shape index (κ2) is 8.86. The molecule has 1 aromatic heterocycles. The Balaban J connectivity index is 1.41. The molecule has 3 heteroatoms. The topological polar surface area (TPSA) is 45.9 Å². The summed E-state index contributed by atoms with van der Waals surface area (Å²) >= 11 is 0. The molecule has 0 N–H and O–H groups in total. The van der Waals surface area contributed by atoms with E-state index in [1.807, 2.05) is 48.5 Å². The Morgan fingerprint density at radius 3 is 2.55 bits per heavy atom. The van der Waals surface area contributed by atoms with Crippen molar-refractivity contribution in [3.8, 4) is 11.8 Å². The van der Waals surface area contributed by atoms with E-state index in [-0.39, 0.29) is 0 Å². The molecule has 3 aromatic carbocycles. The minimum Gasteiger partial charge on any atom is -0.489 e. The summed E-state index contributed by atoms with van der Waals surface area (Å²) in [6, 6.07) is 30.5. The Morgan fingerprint density at radius 1 is 0.862 bits per heavy atom. The number of ether oxygens (including phenoxy) is 1. The Morgan fingerprint density at radius 2 is 1.69 bits per heavy atom. The molecule has 3 nitrogen and oxygen atoms in total. The third-order valence-corrected chi connectivity index (χ3v) is 4.67. The van der Waals surface area contributed by atoms with Crippen LogP contribution in [0.5, 0.6) is 5.75 Å². The van der Waals surface area contributed by atoms with Crippen molar-refractivity contribution < 1.29 is 4.74 Å². The number of pyridine rings is 1. The number of allylic oxidation sites excluding steroid dienone is 1. The molecule has 29 heavy (non-hydrogen) atoms. The molecule has 0 aliphatic rings. The lowest BCUT2D eigenvalue weighted by atomic mass is 10.1. The average molecular weight is 376 g/mol. The number of hydrogen-bond acceptors (Lipinski definition) is 3. The van der Waals surface area contributed by atoms with Crippen LogP contribution in [-0.2, 0) is 13.0 Å². The van der Waals surface area contributed by atoms with Gasteiger partial charge in [0, 0.05) is 23.6 Å². The van der Waals surface area contributed by atoms with Crippen molar-refractivity contribution in [1.82, 2.24) is 4.98 Å². The highest BCUT2D eigenvalue weighted by atomic mass is 16.5. The third kappa shape index (κ3) is 4.88. The summed E-state index contributed by atoms with van der Waals surface area (Å²) in [5.41, 5.74) is 5.40. The highest BCUT2D eigenvalue weighted by molar-refractivity contribution is 5.78. The van der Waals surface area contributed by atoms with Gasteiger partial charge in [0.2, 0.25) is 0 Å². The number of rotatable bonds is 6. The van der Waals surface area contributed by atoms with Crippen LogP contribution < -0.4 is 4.74 Å². The van der Waals surface area contributed by atoms with Crippen molar-refractivity contribution in [1.29, 1.82) is 5.26 Å². The molecule has 0 bridgehead atoms. The lowest BCUT2D eigenvalue weighted by molar-refractivity contribution is 0.306. The number of fused-ring (bicyclic) bond motifs is 1. The van der Waals surface area contributed by atoms with Gasteiger partial charge in [0.1, 0.15) is 12.4 Å². The number of nitrogens with zero attached hydrogens (tertiary/aromatic N) is 2. The molecule has 4 rings (SSSR count). The van der Waals surface area contributed by atoms with E-state index in [0.717, 1.165) is 39.9 Å². The van der Waals surface area contributed by atoms with E-state index < -0.39 is 0 Å². The smallest absolute Gasteiger partial charge is 0.119 e. The van der Waals surface area contributed by atoms with Crippen LogP contribution in [0.4, 0.5) is 0 Å². The quantitative estimate of drug-likeness (QED) is 0.391. The lowest BCUT2D eigenvalue weighted by Gasteiger charge is -2.09. The Labute approximate surface area is 170 Å². The summed E-state index contributed by atoms with van der Waals surface area (Å²) in [5, 5.41) is 9.75. The predicted octanol–water partition coefficient (Wildman–Crippen LogP) is 5.94. The molecule has 4 aromatic rings. The first-order valence-electron chi connectivity index (χ1n) is 9.52. The first kappa shape index (κ1) is 18.5. The Bertz CT molecular complexity index is 1190. The third-order valence-electron chi connectivity index (χ3n) is 4.67. The molecule has 0 fully saturated rings. The molecule has 0 aliphatic carbocycles. The molecule has 0 saturated heterocycles. The molecule has 0 saturated carbocycles. The molecule has 0 radical (unpaired) electrons. The van der Waals surface area contributed by atoms with Gasteiger partial charge in [-0.05, 0) is 47.0 Å². The van der Waals surface area contributed by atoms with Crippen LogP contribution in [0.1, 0.15) is 22.4 Å². The van der Waals surface area contributed by atoms with Gasteiger partial charge >= 0.3 is 0 Å². The van der Waals surface area contributed by atoms with E-state index in [0.29, 0.717) is 6.61 Å². The van der Waals surface area contributed by atoms with Gasteiger partial charge in [-0.1, -0.05) is 60.7 Å². The van der Waals surface area contributed by atoms with Crippen molar-refractivity contribution in [3.63, 3.8) is 0 Å². The van der Waals surface area contributed by atoms with Crippen LogP contribution in [-0.4, -0.2) is 4.98 Å². The van der Waals surface area contributed by atoms with Gasteiger partial charge in [-0.25, -0.2) is 0 Å². The zero-order chi connectivity index (χ0) is 19.9. The molecule has 0 atom stereocenters. The molecular weight excluding hydrogens is 356 g/mol. The minimum atomic E-state index is 0.506. The maximum Gasteiger partial charge on any atom is 0.119 e. The standard InChI is InChI=1S/C26H20N2O/c27-16-4-7-20-10-14-25(15-11-20)29-19-22-6-3-5-21(17-22)18-24-13-12-23-8-1-2-9-26(23)28-24/h1-15,17H,18-19H2/b7-4+.